The molecule has 2 aromatic rings. The minimum atomic E-state index is -3.69. The highest BCUT2D eigenvalue weighted by Gasteiger charge is 2.43. The highest BCUT2D eigenvalue weighted by Crippen LogP contribution is 2.26. The van der Waals surface area contributed by atoms with Crippen LogP contribution in [-0.2, 0) is 19.4 Å². The van der Waals surface area contributed by atoms with Crippen molar-refractivity contribution in [2.75, 3.05) is 24.3 Å². The first kappa shape index (κ1) is 20.3. The van der Waals surface area contributed by atoms with E-state index in [-0.39, 0.29) is 23.4 Å². The average molecular weight is 408 g/mol. The van der Waals surface area contributed by atoms with Gasteiger partial charge in [-0.05, 0) is 56.9 Å². The standard InChI is InChI=1S/C18H24N4O5S/c1-18(2,28(25,26)11-12-7-9-27-10-8-12)16(24)20-17-19-15(21-22-17)13-3-5-14(23)6-4-13/h3-6,12,23H,7-11H2,1-2H3,(H2,19,20,21,22,24). The second kappa shape index (κ2) is 7.88. The van der Waals surface area contributed by atoms with Crippen molar-refractivity contribution in [2.24, 2.45) is 5.92 Å². The fraction of sp³-hybridized carbons (Fsp3) is 0.500. The summed E-state index contributed by atoms with van der Waals surface area (Å²) in [4.78, 5) is 15.5. The monoisotopic (exact) mass is 408 g/mol. The van der Waals surface area contributed by atoms with E-state index in [4.69, 9.17) is 4.74 Å². The first-order chi connectivity index (χ1) is 13.2. The third-order valence-corrected chi connectivity index (χ3v) is 7.63. The molecular formula is C18H24N4O5S. The quantitative estimate of drug-likeness (QED) is 0.662. The molecule has 0 radical (unpaired) electrons. The minimum absolute atomic E-state index is 0.00259. The number of nitrogens with zero attached hydrogens (tertiary/aromatic N) is 2. The average Bonchev–Trinajstić information content (AvgIpc) is 3.11. The molecule has 0 atom stereocenters. The smallest absolute Gasteiger partial charge is 0.247 e. The summed E-state index contributed by atoms with van der Waals surface area (Å²) in [6.45, 7) is 3.89. The Kier molecular flexibility index (Phi) is 5.71. The predicted octanol–water partition coefficient (Wildman–Crippen LogP) is 1.74. The minimum Gasteiger partial charge on any atom is -0.508 e. The molecule has 1 aromatic carbocycles. The first-order valence-corrected chi connectivity index (χ1v) is 10.7. The third-order valence-electron chi connectivity index (χ3n) is 4.98. The molecule has 2 heterocycles. The summed E-state index contributed by atoms with van der Waals surface area (Å²) in [5.41, 5.74) is 0.664. The van der Waals surface area contributed by atoms with E-state index < -0.39 is 20.5 Å². The molecule has 10 heteroatoms. The SMILES string of the molecule is CC(C)(C(=O)Nc1nnc(-c2ccc(O)cc2)[nH]1)S(=O)(=O)CC1CCOCC1. The van der Waals surface area contributed by atoms with E-state index in [1.807, 2.05) is 0 Å². The van der Waals surface area contributed by atoms with E-state index in [1.165, 1.54) is 26.0 Å². The van der Waals surface area contributed by atoms with E-state index in [1.54, 1.807) is 12.1 Å². The van der Waals surface area contributed by atoms with Gasteiger partial charge < -0.3 is 14.8 Å². The van der Waals surface area contributed by atoms with Crippen LogP contribution in [0.3, 0.4) is 0 Å². The second-order valence-electron chi connectivity index (χ2n) is 7.37. The molecular weight excluding hydrogens is 384 g/mol. The zero-order valence-corrected chi connectivity index (χ0v) is 16.6. The van der Waals surface area contributed by atoms with E-state index in [0.717, 1.165) is 0 Å². The number of aromatic nitrogens is 3. The number of benzene rings is 1. The molecule has 1 fully saturated rings. The van der Waals surface area contributed by atoms with Crippen molar-refractivity contribution in [3.05, 3.63) is 24.3 Å². The lowest BCUT2D eigenvalue weighted by Crippen LogP contribution is -2.47. The number of amides is 1. The van der Waals surface area contributed by atoms with Crippen molar-refractivity contribution in [1.29, 1.82) is 0 Å². The summed E-state index contributed by atoms with van der Waals surface area (Å²) < 4.78 is 29.3. The van der Waals surface area contributed by atoms with Gasteiger partial charge in [-0.15, -0.1) is 10.2 Å². The summed E-state index contributed by atoms with van der Waals surface area (Å²) in [5.74, 6) is -0.162. The Morgan fingerprint density at radius 3 is 2.54 bits per heavy atom. The summed E-state index contributed by atoms with van der Waals surface area (Å²) in [7, 11) is -3.69. The zero-order chi connectivity index (χ0) is 20.4. The van der Waals surface area contributed by atoms with Crippen LogP contribution in [0.1, 0.15) is 26.7 Å². The van der Waals surface area contributed by atoms with Crippen LogP contribution in [0.15, 0.2) is 24.3 Å². The number of ether oxygens (including phenoxy) is 1. The van der Waals surface area contributed by atoms with Gasteiger partial charge in [-0.2, -0.15) is 0 Å². The molecule has 9 nitrogen and oxygen atoms in total. The van der Waals surface area contributed by atoms with Crippen LogP contribution < -0.4 is 5.32 Å². The fourth-order valence-electron chi connectivity index (χ4n) is 2.90. The molecule has 3 N–H and O–H groups in total. The normalized spacial score (nSPS) is 16.1. The number of H-pyrrole nitrogens is 1. The molecule has 1 aromatic heterocycles. The van der Waals surface area contributed by atoms with E-state index in [9.17, 15) is 18.3 Å². The Morgan fingerprint density at radius 2 is 1.89 bits per heavy atom. The molecule has 1 amide bonds. The topological polar surface area (TPSA) is 134 Å². The molecule has 0 unspecified atom stereocenters. The molecule has 1 aliphatic heterocycles. The summed E-state index contributed by atoms with van der Waals surface area (Å²) >= 11 is 0. The number of phenols is 1. The van der Waals surface area contributed by atoms with Gasteiger partial charge in [0.05, 0.1) is 5.75 Å². The van der Waals surface area contributed by atoms with E-state index >= 15 is 0 Å². The lowest BCUT2D eigenvalue weighted by Gasteiger charge is -2.28. The lowest BCUT2D eigenvalue weighted by molar-refractivity contribution is -0.117. The van der Waals surface area contributed by atoms with Gasteiger partial charge in [-0.3, -0.25) is 10.1 Å². The molecule has 1 saturated heterocycles. The summed E-state index contributed by atoms with van der Waals surface area (Å²) in [6, 6.07) is 6.29. The van der Waals surface area contributed by atoms with Crippen molar-refractivity contribution < 1.29 is 23.1 Å². The van der Waals surface area contributed by atoms with Crippen molar-refractivity contribution in [3.8, 4) is 17.1 Å². The van der Waals surface area contributed by atoms with Crippen LogP contribution in [0.2, 0.25) is 0 Å². The van der Waals surface area contributed by atoms with Gasteiger partial charge in [0.15, 0.2) is 15.7 Å². The van der Waals surface area contributed by atoms with Crippen LogP contribution in [-0.4, -0.2) is 58.3 Å². The number of carbonyl (C=O) groups excluding carboxylic acids is 1. The fourth-order valence-corrected chi connectivity index (χ4v) is 4.60. The number of aromatic amines is 1. The van der Waals surface area contributed by atoms with Gasteiger partial charge in [-0.25, -0.2) is 8.42 Å². The largest absolute Gasteiger partial charge is 0.508 e. The molecule has 0 aliphatic carbocycles. The summed E-state index contributed by atoms with van der Waals surface area (Å²) in [6.07, 6.45) is 1.35. The van der Waals surface area contributed by atoms with E-state index in [0.29, 0.717) is 37.4 Å². The molecule has 0 spiro atoms. The van der Waals surface area contributed by atoms with Crippen molar-refractivity contribution in [3.63, 3.8) is 0 Å². The number of hydrogen-bond donors (Lipinski definition) is 3. The Morgan fingerprint density at radius 1 is 1.25 bits per heavy atom. The number of sulfone groups is 1. The number of nitrogens with one attached hydrogen (secondary N) is 2. The van der Waals surface area contributed by atoms with Gasteiger partial charge in [0.25, 0.3) is 0 Å². The van der Waals surface area contributed by atoms with Crippen molar-refractivity contribution >= 4 is 21.7 Å². The number of hydrogen-bond acceptors (Lipinski definition) is 7. The predicted molar refractivity (Wildman–Crippen MR) is 104 cm³/mol. The third kappa shape index (κ3) is 4.33. The number of rotatable bonds is 6. The van der Waals surface area contributed by atoms with Crippen LogP contribution >= 0.6 is 0 Å². The highest BCUT2D eigenvalue weighted by molar-refractivity contribution is 7.93. The van der Waals surface area contributed by atoms with Crippen LogP contribution in [0, 0.1) is 5.92 Å². The van der Waals surface area contributed by atoms with Crippen LogP contribution in [0.25, 0.3) is 11.4 Å². The summed E-state index contributed by atoms with van der Waals surface area (Å²) in [5, 5.41) is 19.6. The van der Waals surface area contributed by atoms with Crippen LogP contribution in [0.5, 0.6) is 5.75 Å². The molecule has 0 saturated carbocycles. The van der Waals surface area contributed by atoms with Gasteiger partial charge in [-0.1, -0.05) is 0 Å². The van der Waals surface area contributed by atoms with Gasteiger partial charge in [0, 0.05) is 18.8 Å². The number of carbonyl (C=O) groups is 1. The van der Waals surface area contributed by atoms with Gasteiger partial charge in [0.2, 0.25) is 11.9 Å². The first-order valence-electron chi connectivity index (χ1n) is 9.02. The van der Waals surface area contributed by atoms with Crippen molar-refractivity contribution in [1.82, 2.24) is 15.2 Å². The maximum atomic E-state index is 12.8. The van der Waals surface area contributed by atoms with Crippen LogP contribution in [0.4, 0.5) is 5.95 Å². The number of phenolic OH excluding ortho intramolecular Hbond substituents is 1. The Labute approximate surface area is 163 Å². The lowest BCUT2D eigenvalue weighted by atomic mass is 10.0. The Hall–Kier alpha value is -2.46. The second-order valence-corrected chi connectivity index (χ2v) is 9.95. The number of anilines is 1. The number of aromatic hydroxyl groups is 1. The molecule has 152 valence electrons. The van der Waals surface area contributed by atoms with Gasteiger partial charge in [0.1, 0.15) is 10.5 Å². The maximum Gasteiger partial charge on any atom is 0.247 e. The highest BCUT2D eigenvalue weighted by atomic mass is 32.2. The molecule has 3 rings (SSSR count). The zero-order valence-electron chi connectivity index (χ0n) is 15.8. The molecule has 1 aliphatic rings. The molecule has 0 bridgehead atoms. The maximum absolute atomic E-state index is 12.8. The Bertz CT molecular complexity index is 931. The molecule has 28 heavy (non-hydrogen) atoms. The van der Waals surface area contributed by atoms with Gasteiger partial charge >= 0.3 is 0 Å². The van der Waals surface area contributed by atoms with Crippen molar-refractivity contribution in [2.45, 2.75) is 31.4 Å². The van der Waals surface area contributed by atoms with E-state index in [2.05, 4.69) is 20.5 Å². The Balaban J connectivity index is 1.69.